The minimum absolute atomic E-state index is 0.208. The maximum atomic E-state index is 13.2. The van der Waals surface area contributed by atoms with Crippen molar-refractivity contribution >= 4 is 23.2 Å². The summed E-state index contributed by atoms with van der Waals surface area (Å²) in [7, 11) is 0. The van der Waals surface area contributed by atoms with Gasteiger partial charge in [0.25, 0.3) is 0 Å². The lowest BCUT2D eigenvalue weighted by Crippen LogP contribution is -2.46. The van der Waals surface area contributed by atoms with E-state index in [4.69, 9.17) is 5.73 Å². The van der Waals surface area contributed by atoms with Crippen LogP contribution in [0.2, 0.25) is 0 Å². The number of nitrogens with two attached hydrogens (primary N) is 1. The van der Waals surface area contributed by atoms with Gasteiger partial charge in [-0.3, -0.25) is 0 Å². The van der Waals surface area contributed by atoms with Gasteiger partial charge in [0.2, 0.25) is 0 Å². The van der Waals surface area contributed by atoms with Crippen molar-refractivity contribution in [3.05, 3.63) is 83.8 Å². The fraction of sp³-hybridized carbons (Fsp3) is 0.250. The molecule has 1 saturated heterocycles. The molecule has 0 amide bonds. The highest BCUT2D eigenvalue weighted by atomic mass is 19.1. The first-order valence-electron chi connectivity index (χ1n) is 10.4. The van der Waals surface area contributed by atoms with Crippen molar-refractivity contribution in [1.29, 1.82) is 0 Å². The molecular formula is C24H27FN6. The number of anilines is 3. The molecule has 0 spiro atoms. The number of guanidine groups is 1. The van der Waals surface area contributed by atoms with Crippen LogP contribution >= 0.6 is 0 Å². The zero-order valence-corrected chi connectivity index (χ0v) is 17.6. The summed E-state index contributed by atoms with van der Waals surface area (Å²) in [6.45, 7) is 5.96. The number of rotatable bonds is 5. The smallest absolute Gasteiger partial charge is 0.193 e. The third kappa shape index (κ3) is 5.51. The summed E-state index contributed by atoms with van der Waals surface area (Å²) in [6, 6.07) is 18.7. The largest absolute Gasteiger partial charge is 0.370 e. The van der Waals surface area contributed by atoms with E-state index in [9.17, 15) is 4.39 Å². The number of piperazine rings is 1. The van der Waals surface area contributed by atoms with Crippen molar-refractivity contribution in [2.45, 2.75) is 13.5 Å². The van der Waals surface area contributed by atoms with Gasteiger partial charge in [0.05, 0.1) is 6.54 Å². The zero-order chi connectivity index (χ0) is 21.6. The number of halogens is 1. The molecule has 3 N–H and O–H groups in total. The van der Waals surface area contributed by atoms with E-state index in [-0.39, 0.29) is 5.82 Å². The second-order valence-electron chi connectivity index (χ2n) is 7.67. The molecule has 2 aromatic carbocycles. The number of aryl methyl sites for hydroxylation is 1. The average molecular weight is 419 g/mol. The Labute approximate surface area is 182 Å². The summed E-state index contributed by atoms with van der Waals surface area (Å²) < 4.78 is 13.2. The first-order chi connectivity index (χ1) is 15.1. The molecular weight excluding hydrogens is 391 g/mol. The van der Waals surface area contributed by atoms with E-state index >= 15 is 0 Å². The quantitative estimate of drug-likeness (QED) is 0.487. The van der Waals surface area contributed by atoms with E-state index in [1.54, 1.807) is 0 Å². The predicted octanol–water partition coefficient (Wildman–Crippen LogP) is 3.78. The van der Waals surface area contributed by atoms with Crippen LogP contribution in [0.3, 0.4) is 0 Å². The summed E-state index contributed by atoms with van der Waals surface area (Å²) in [5.41, 5.74) is 10.2. The number of nitrogens with zero attached hydrogens (tertiary/aromatic N) is 4. The van der Waals surface area contributed by atoms with Crippen LogP contribution in [0.5, 0.6) is 0 Å². The molecule has 160 valence electrons. The van der Waals surface area contributed by atoms with Gasteiger partial charge in [-0.25, -0.2) is 14.4 Å². The molecule has 0 unspecified atom stereocenters. The first kappa shape index (κ1) is 20.7. The highest BCUT2D eigenvalue weighted by Gasteiger charge is 2.18. The van der Waals surface area contributed by atoms with Gasteiger partial charge in [-0.1, -0.05) is 12.1 Å². The van der Waals surface area contributed by atoms with Crippen LogP contribution in [0.25, 0.3) is 0 Å². The second kappa shape index (κ2) is 9.47. The van der Waals surface area contributed by atoms with Gasteiger partial charge in [-0.2, -0.15) is 0 Å². The lowest BCUT2D eigenvalue weighted by Gasteiger charge is -2.36. The number of aliphatic imine (C=N–C) groups is 1. The van der Waals surface area contributed by atoms with E-state index in [0.717, 1.165) is 54.5 Å². The lowest BCUT2D eigenvalue weighted by molar-refractivity contribution is 0.624. The summed E-state index contributed by atoms with van der Waals surface area (Å²) in [5.74, 6) is 1.12. The number of benzene rings is 2. The number of hydrogen-bond acceptors (Lipinski definition) is 4. The minimum atomic E-state index is -0.208. The molecule has 3 aromatic rings. The highest BCUT2D eigenvalue weighted by Crippen LogP contribution is 2.20. The number of hydrogen-bond donors (Lipinski definition) is 2. The van der Waals surface area contributed by atoms with Crippen molar-refractivity contribution in [2.75, 3.05) is 41.3 Å². The Kier molecular flexibility index (Phi) is 6.31. The van der Waals surface area contributed by atoms with Crippen LogP contribution < -0.4 is 20.9 Å². The van der Waals surface area contributed by atoms with E-state index in [1.807, 2.05) is 55.6 Å². The molecule has 1 aromatic heterocycles. The molecule has 1 fully saturated rings. The van der Waals surface area contributed by atoms with Crippen LogP contribution in [-0.2, 0) is 6.54 Å². The average Bonchev–Trinajstić information content (AvgIpc) is 2.79. The third-order valence-corrected chi connectivity index (χ3v) is 5.33. The molecule has 0 radical (unpaired) electrons. The van der Waals surface area contributed by atoms with Crippen LogP contribution in [0.15, 0.2) is 71.9 Å². The summed E-state index contributed by atoms with van der Waals surface area (Å²) in [4.78, 5) is 13.5. The van der Waals surface area contributed by atoms with Gasteiger partial charge in [-0.05, 0) is 66.6 Å². The number of pyridine rings is 1. The Bertz CT molecular complexity index is 1040. The fourth-order valence-electron chi connectivity index (χ4n) is 3.66. The minimum Gasteiger partial charge on any atom is -0.370 e. The Morgan fingerprint density at radius 2 is 1.77 bits per heavy atom. The Morgan fingerprint density at radius 1 is 1.03 bits per heavy atom. The van der Waals surface area contributed by atoms with Crippen molar-refractivity contribution in [1.82, 2.24) is 4.98 Å². The van der Waals surface area contributed by atoms with Gasteiger partial charge in [-0.15, -0.1) is 0 Å². The van der Waals surface area contributed by atoms with Crippen LogP contribution in [0.1, 0.15) is 11.1 Å². The Hall–Kier alpha value is -3.61. The molecule has 6 nitrogen and oxygen atoms in total. The highest BCUT2D eigenvalue weighted by molar-refractivity contribution is 5.92. The van der Waals surface area contributed by atoms with Crippen molar-refractivity contribution in [3.8, 4) is 0 Å². The lowest BCUT2D eigenvalue weighted by atomic mass is 10.2. The van der Waals surface area contributed by atoms with E-state index in [0.29, 0.717) is 12.5 Å². The molecule has 1 aliphatic rings. The van der Waals surface area contributed by atoms with Crippen molar-refractivity contribution in [3.63, 3.8) is 0 Å². The van der Waals surface area contributed by atoms with E-state index < -0.39 is 0 Å². The number of nitrogens with one attached hydrogen (secondary N) is 1. The molecule has 0 saturated carbocycles. The molecule has 0 aliphatic carbocycles. The SMILES string of the molecule is Cc1cccc(NC(N)=NCc2ccnc(N3CCN(c4ccc(F)cc4)CC3)c2)c1. The Morgan fingerprint density at radius 3 is 2.52 bits per heavy atom. The van der Waals surface area contributed by atoms with Gasteiger partial charge in [0.1, 0.15) is 11.6 Å². The van der Waals surface area contributed by atoms with Crippen LogP contribution in [-0.4, -0.2) is 37.1 Å². The van der Waals surface area contributed by atoms with Gasteiger partial charge in [0.15, 0.2) is 5.96 Å². The van der Waals surface area contributed by atoms with Crippen molar-refractivity contribution < 1.29 is 4.39 Å². The van der Waals surface area contributed by atoms with Gasteiger partial charge >= 0.3 is 0 Å². The van der Waals surface area contributed by atoms with Crippen LogP contribution in [0, 0.1) is 12.7 Å². The zero-order valence-electron chi connectivity index (χ0n) is 17.6. The number of aromatic nitrogens is 1. The molecule has 2 heterocycles. The molecule has 1 aliphatic heterocycles. The maximum absolute atomic E-state index is 13.2. The summed E-state index contributed by atoms with van der Waals surface area (Å²) in [5, 5.41) is 3.13. The van der Waals surface area contributed by atoms with Crippen LogP contribution in [0.4, 0.5) is 21.6 Å². The van der Waals surface area contributed by atoms with E-state index in [1.165, 1.54) is 12.1 Å². The molecule has 0 atom stereocenters. The van der Waals surface area contributed by atoms with E-state index in [2.05, 4.69) is 31.2 Å². The van der Waals surface area contributed by atoms with Gasteiger partial charge in [0, 0.05) is 43.8 Å². The third-order valence-electron chi connectivity index (χ3n) is 5.33. The topological polar surface area (TPSA) is 69.8 Å². The van der Waals surface area contributed by atoms with Gasteiger partial charge < -0.3 is 20.9 Å². The standard InChI is InChI=1S/C24H27FN6/c1-18-3-2-4-21(15-18)29-24(26)28-17-19-9-10-27-23(16-19)31-13-11-30(12-14-31)22-7-5-20(25)6-8-22/h2-10,15-16H,11-14,17H2,1H3,(H3,26,28,29). The molecule has 4 rings (SSSR count). The first-order valence-corrected chi connectivity index (χ1v) is 10.4. The fourth-order valence-corrected chi connectivity index (χ4v) is 3.66. The molecule has 7 heteroatoms. The summed E-state index contributed by atoms with van der Waals surface area (Å²) in [6.07, 6.45) is 1.82. The normalized spacial score (nSPS) is 14.6. The van der Waals surface area contributed by atoms with Crippen molar-refractivity contribution in [2.24, 2.45) is 10.7 Å². The predicted molar refractivity (Wildman–Crippen MR) is 125 cm³/mol. The monoisotopic (exact) mass is 418 g/mol. The summed E-state index contributed by atoms with van der Waals surface area (Å²) >= 11 is 0. The Balaban J connectivity index is 1.34. The molecule has 31 heavy (non-hydrogen) atoms. The second-order valence-corrected chi connectivity index (χ2v) is 7.67. The molecule has 0 bridgehead atoms. The maximum Gasteiger partial charge on any atom is 0.193 e.